The number of ether oxygens (including phenoxy) is 1. The molecule has 0 radical (unpaired) electrons. The molecule has 0 spiro atoms. The molecule has 108 valence electrons. The third kappa shape index (κ3) is 2.60. The minimum Gasteiger partial charge on any atom is -0.460 e. The molecule has 2 heterocycles. The second-order valence-corrected chi connectivity index (χ2v) is 6.17. The zero-order valence-electron chi connectivity index (χ0n) is 12.4. The molecule has 0 amide bonds. The second-order valence-electron chi connectivity index (χ2n) is 4.71. The topological polar surface area (TPSA) is 57.0 Å². The molecule has 2 aromatic heterocycles. The molecular formula is C14H19N3O2S. The Balaban J connectivity index is 2.44. The van der Waals surface area contributed by atoms with Crippen LogP contribution in [0.4, 0.5) is 0 Å². The van der Waals surface area contributed by atoms with Gasteiger partial charge in [0, 0.05) is 9.75 Å². The van der Waals surface area contributed by atoms with Crippen molar-refractivity contribution in [3.8, 4) is 0 Å². The van der Waals surface area contributed by atoms with E-state index in [1.807, 2.05) is 18.4 Å². The molecule has 0 N–H and O–H groups in total. The Morgan fingerprint density at radius 1 is 1.40 bits per heavy atom. The van der Waals surface area contributed by atoms with Gasteiger partial charge in [0.1, 0.15) is 5.82 Å². The van der Waals surface area contributed by atoms with E-state index in [1.165, 1.54) is 15.3 Å². The van der Waals surface area contributed by atoms with Gasteiger partial charge in [-0.15, -0.1) is 21.5 Å². The lowest BCUT2D eigenvalue weighted by molar-refractivity contribution is 0.0504. The van der Waals surface area contributed by atoms with Crippen molar-refractivity contribution in [1.82, 2.24) is 14.8 Å². The third-order valence-electron chi connectivity index (χ3n) is 3.24. The van der Waals surface area contributed by atoms with Gasteiger partial charge in [0.2, 0.25) is 5.82 Å². The molecule has 0 fully saturated rings. The van der Waals surface area contributed by atoms with Gasteiger partial charge < -0.3 is 4.74 Å². The summed E-state index contributed by atoms with van der Waals surface area (Å²) in [7, 11) is 0. The van der Waals surface area contributed by atoms with Crippen LogP contribution in [0.2, 0.25) is 0 Å². The van der Waals surface area contributed by atoms with E-state index in [9.17, 15) is 4.79 Å². The van der Waals surface area contributed by atoms with Gasteiger partial charge in [-0.25, -0.2) is 4.79 Å². The molecule has 0 saturated carbocycles. The van der Waals surface area contributed by atoms with Crippen LogP contribution in [0.3, 0.4) is 0 Å². The van der Waals surface area contributed by atoms with Crippen LogP contribution in [0.5, 0.6) is 0 Å². The van der Waals surface area contributed by atoms with Crippen molar-refractivity contribution in [2.24, 2.45) is 0 Å². The van der Waals surface area contributed by atoms with Crippen molar-refractivity contribution in [1.29, 1.82) is 0 Å². The largest absolute Gasteiger partial charge is 0.460 e. The van der Waals surface area contributed by atoms with E-state index >= 15 is 0 Å². The van der Waals surface area contributed by atoms with Gasteiger partial charge in [-0.2, -0.15) is 0 Å². The first kappa shape index (κ1) is 14.7. The van der Waals surface area contributed by atoms with Gasteiger partial charge in [0.25, 0.3) is 0 Å². The number of hydrogen-bond donors (Lipinski definition) is 0. The number of carbonyl (C=O) groups is 1. The standard InChI is InChI=1S/C14H19N3O2S/c1-6-19-14(18)13-16-15-11(5)17(13)9(3)12-7-8(2)20-10(12)4/h7,9H,6H2,1-5H3. The summed E-state index contributed by atoms with van der Waals surface area (Å²) in [5.41, 5.74) is 1.20. The SMILES string of the molecule is CCOC(=O)c1nnc(C)n1C(C)c1cc(C)sc1C. The molecule has 1 unspecified atom stereocenters. The summed E-state index contributed by atoms with van der Waals surface area (Å²) in [5, 5.41) is 7.98. The van der Waals surface area contributed by atoms with E-state index in [-0.39, 0.29) is 11.9 Å². The second kappa shape index (κ2) is 5.75. The van der Waals surface area contributed by atoms with E-state index < -0.39 is 5.97 Å². The fourth-order valence-electron chi connectivity index (χ4n) is 2.37. The molecule has 0 aliphatic rings. The average molecular weight is 293 g/mol. The molecule has 1 atom stereocenters. The summed E-state index contributed by atoms with van der Waals surface area (Å²) in [6.07, 6.45) is 0. The summed E-state index contributed by atoms with van der Waals surface area (Å²) < 4.78 is 6.88. The Morgan fingerprint density at radius 3 is 2.65 bits per heavy atom. The van der Waals surface area contributed by atoms with Gasteiger partial charge in [-0.1, -0.05) is 0 Å². The van der Waals surface area contributed by atoms with Crippen LogP contribution >= 0.6 is 11.3 Å². The van der Waals surface area contributed by atoms with Gasteiger partial charge in [0.05, 0.1) is 12.6 Å². The lowest BCUT2D eigenvalue weighted by Gasteiger charge is -2.16. The highest BCUT2D eigenvalue weighted by Crippen LogP contribution is 2.30. The van der Waals surface area contributed by atoms with Gasteiger partial charge in [-0.05, 0) is 46.2 Å². The number of thiophene rings is 1. The van der Waals surface area contributed by atoms with E-state index in [1.54, 1.807) is 18.3 Å². The van der Waals surface area contributed by atoms with Crippen LogP contribution in [0.15, 0.2) is 6.07 Å². The minimum atomic E-state index is -0.426. The summed E-state index contributed by atoms with van der Waals surface area (Å²) in [6.45, 7) is 10.2. The van der Waals surface area contributed by atoms with E-state index in [0.717, 1.165) is 0 Å². The summed E-state index contributed by atoms with van der Waals surface area (Å²) >= 11 is 1.75. The van der Waals surface area contributed by atoms with Crippen molar-refractivity contribution in [3.05, 3.63) is 33.0 Å². The number of esters is 1. The highest BCUT2D eigenvalue weighted by molar-refractivity contribution is 7.12. The van der Waals surface area contributed by atoms with Crippen LogP contribution < -0.4 is 0 Å². The number of carbonyl (C=O) groups excluding carboxylic acids is 1. The molecular weight excluding hydrogens is 274 g/mol. The number of aryl methyl sites for hydroxylation is 3. The van der Waals surface area contributed by atoms with Crippen molar-refractivity contribution < 1.29 is 9.53 Å². The Hall–Kier alpha value is -1.69. The lowest BCUT2D eigenvalue weighted by Crippen LogP contribution is -2.18. The highest BCUT2D eigenvalue weighted by atomic mass is 32.1. The zero-order valence-corrected chi connectivity index (χ0v) is 13.2. The van der Waals surface area contributed by atoms with Gasteiger partial charge in [-0.3, -0.25) is 4.57 Å². The molecule has 5 nitrogen and oxygen atoms in total. The molecule has 2 aromatic rings. The Bertz CT molecular complexity index is 630. The first-order valence-electron chi connectivity index (χ1n) is 6.61. The molecule has 0 aliphatic heterocycles. The molecule has 6 heteroatoms. The fourth-order valence-corrected chi connectivity index (χ4v) is 3.39. The summed E-state index contributed by atoms with van der Waals surface area (Å²) in [4.78, 5) is 14.5. The number of rotatable bonds is 4. The third-order valence-corrected chi connectivity index (χ3v) is 4.22. The van der Waals surface area contributed by atoms with Crippen molar-refractivity contribution in [2.45, 2.75) is 40.7 Å². The fraction of sp³-hybridized carbons (Fsp3) is 0.500. The van der Waals surface area contributed by atoms with Crippen LogP contribution in [0.1, 0.15) is 51.7 Å². The van der Waals surface area contributed by atoms with Crippen LogP contribution in [-0.4, -0.2) is 27.3 Å². The van der Waals surface area contributed by atoms with Crippen LogP contribution in [-0.2, 0) is 4.74 Å². The molecule has 0 aromatic carbocycles. The maximum atomic E-state index is 12.0. The Kier molecular flexibility index (Phi) is 4.23. The van der Waals surface area contributed by atoms with E-state index in [0.29, 0.717) is 12.4 Å². The van der Waals surface area contributed by atoms with Gasteiger partial charge in [0.15, 0.2) is 0 Å². The predicted octanol–water partition coefficient (Wildman–Crippen LogP) is 3.05. The quantitative estimate of drug-likeness (QED) is 0.813. The van der Waals surface area contributed by atoms with Crippen LogP contribution in [0.25, 0.3) is 0 Å². The Labute approximate surface area is 122 Å². The lowest BCUT2D eigenvalue weighted by atomic mass is 10.1. The minimum absolute atomic E-state index is 0.00866. The smallest absolute Gasteiger partial charge is 0.376 e. The zero-order chi connectivity index (χ0) is 14.9. The maximum Gasteiger partial charge on any atom is 0.376 e. The van der Waals surface area contributed by atoms with Gasteiger partial charge >= 0.3 is 5.97 Å². The molecule has 0 aliphatic carbocycles. The molecule has 0 bridgehead atoms. The first-order chi connectivity index (χ1) is 9.45. The monoisotopic (exact) mass is 293 g/mol. The molecule has 20 heavy (non-hydrogen) atoms. The highest BCUT2D eigenvalue weighted by Gasteiger charge is 2.24. The van der Waals surface area contributed by atoms with Crippen LogP contribution in [0, 0.1) is 20.8 Å². The van der Waals surface area contributed by atoms with Crippen molar-refractivity contribution in [2.75, 3.05) is 6.61 Å². The van der Waals surface area contributed by atoms with E-state index in [2.05, 4.69) is 30.1 Å². The van der Waals surface area contributed by atoms with Crippen molar-refractivity contribution >= 4 is 17.3 Å². The predicted molar refractivity (Wildman–Crippen MR) is 78.3 cm³/mol. The number of aromatic nitrogens is 3. The first-order valence-corrected chi connectivity index (χ1v) is 7.42. The van der Waals surface area contributed by atoms with Crippen molar-refractivity contribution in [3.63, 3.8) is 0 Å². The summed E-state index contributed by atoms with van der Waals surface area (Å²) in [6, 6.07) is 2.16. The number of hydrogen-bond acceptors (Lipinski definition) is 5. The van der Waals surface area contributed by atoms with E-state index in [4.69, 9.17) is 4.74 Å². The Morgan fingerprint density at radius 2 is 2.10 bits per heavy atom. The maximum absolute atomic E-state index is 12.0. The summed E-state index contributed by atoms with van der Waals surface area (Å²) in [5.74, 6) is 0.550. The molecule has 0 saturated heterocycles. The molecule has 2 rings (SSSR count). The normalized spacial score (nSPS) is 12.4. The number of nitrogens with zero attached hydrogens (tertiary/aromatic N) is 3. The average Bonchev–Trinajstić information content (AvgIpc) is 2.92.